The van der Waals surface area contributed by atoms with Gasteiger partial charge in [-0.1, -0.05) is 6.92 Å². The number of furan rings is 1. The lowest BCUT2D eigenvalue weighted by Gasteiger charge is -2.09. The summed E-state index contributed by atoms with van der Waals surface area (Å²) in [5.41, 5.74) is 1.10. The van der Waals surface area contributed by atoms with Crippen molar-refractivity contribution >= 4 is 41.0 Å². The van der Waals surface area contributed by atoms with Crippen molar-refractivity contribution in [2.75, 3.05) is 11.9 Å². The highest BCUT2D eigenvalue weighted by Crippen LogP contribution is 2.10. The summed E-state index contributed by atoms with van der Waals surface area (Å²) in [5.74, 6) is -0.180. The van der Waals surface area contributed by atoms with Crippen LogP contribution >= 0.6 is 12.2 Å². The third kappa shape index (κ3) is 6.23. The zero-order valence-corrected chi connectivity index (χ0v) is 14.5. The van der Waals surface area contributed by atoms with Gasteiger partial charge in [0.2, 0.25) is 5.91 Å². The number of hydrogen-bond acceptors (Lipinski definition) is 5. The fourth-order valence-corrected chi connectivity index (χ4v) is 2.05. The van der Waals surface area contributed by atoms with Gasteiger partial charge in [0.05, 0.1) is 18.4 Å². The first-order valence-corrected chi connectivity index (χ1v) is 8.10. The Bertz CT molecular complexity index is 752. The van der Waals surface area contributed by atoms with Gasteiger partial charge >= 0.3 is 5.97 Å². The van der Waals surface area contributed by atoms with Gasteiger partial charge in [-0.25, -0.2) is 4.79 Å². The molecule has 2 rings (SSSR count). The molecule has 130 valence electrons. The normalized spacial score (nSPS) is 10.4. The van der Waals surface area contributed by atoms with E-state index in [2.05, 4.69) is 10.6 Å². The minimum atomic E-state index is -0.381. The molecular formula is C18H18N2O4S. The van der Waals surface area contributed by atoms with E-state index in [0.717, 1.165) is 6.42 Å². The second kappa shape index (κ2) is 9.39. The van der Waals surface area contributed by atoms with Crippen LogP contribution in [0.25, 0.3) is 6.08 Å². The molecule has 0 unspecified atom stereocenters. The Balaban J connectivity index is 1.83. The maximum absolute atomic E-state index is 11.8. The highest BCUT2D eigenvalue weighted by molar-refractivity contribution is 7.80. The number of rotatable bonds is 6. The van der Waals surface area contributed by atoms with Crippen molar-refractivity contribution in [1.82, 2.24) is 5.32 Å². The lowest BCUT2D eigenvalue weighted by molar-refractivity contribution is -0.115. The molecule has 0 aliphatic heterocycles. The lowest BCUT2D eigenvalue weighted by Crippen LogP contribution is -2.32. The van der Waals surface area contributed by atoms with E-state index >= 15 is 0 Å². The van der Waals surface area contributed by atoms with Gasteiger partial charge < -0.3 is 14.5 Å². The molecule has 0 fully saturated rings. The molecule has 1 heterocycles. The summed E-state index contributed by atoms with van der Waals surface area (Å²) in [6, 6.07) is 10.1. The number of carbonyl (C=O) groups is 2. The molecular weight excluding hydrogens is 340 g/mol. The molecule has 0 saturated carbocycles. The van der Waals surface area contributed by atoms with Crippen molar-refractivity contribution in [2.24, 2.45) is 0 Å². The van der Waals surface area contributed by atoms with Gasteiger partial charge in [0, 0.05) is 11.8 Å². The number of ether oxygens (including phenoxy) is 1. The Morgan fingerprint density at radius 2 is 2.00 bits per heavy atom. The Morgan fingerprint density at radius 3 is 2.64 bits per heavy atom. The molecule has 0 radical (unpaired) electrons. The number of anilines is 1. The van der Waals surface area contributed by atoms with Crippen molar-refractivity contribution in [3.05, 3.63) is 60.1 Å². The number of amides is 1. The largest absolute Gasteiger partial charge is 0.465 e. The van der Waals surface area contributed by atoms with Crippen LogP contribution in [-0.4, -0.2) is 23.6 Å². The Labute approximate surface area is 150 Å². The molecule has 1 amide bonds. The summed E-state index contributed by atoms with van der Waals surface area (Å²) < 4.78 is 10.1. The maximum Gasteiger partial charge on any atom is 0.338 e. The van der Waals surface area contributed by atoms with Gasteiger partial charge in [-0.15, -0.1) is 0 Å². The van der Waals surface area contributed by atoms with E-state index in [-0.39, 0.29) is 17.0 Å². The van der Waals surface area contributed by atoms with Crippen LogP contribution in [-0.2, 0) is 9.53 Å². The molecule has 0 atom stereocenters. The third-order valence-electron chi connectivity index (χ3n) is 2.99. The molecule has 25 heavy (non-hydrogen) atoms. The number of esters is 1. The van der Waals surface area contributed by atoms with Crippen molar-refractivity contribution < 1.29 is 18.7 Å². The zero-order valence-electron chi connectivity index (χ0n) is 13.7. The van der Waals surface area contributed by atoms with Crippen LogP contribution in [0.2, 0.25) is 0 Å². The first kappa shape index (κ1) is 18.4. The van der Waals surface area contributed by atoms with E-state index in [1.54, 1.807) is 36.4 Å². The van der Waals surface area contributed by atoms with Crippen molar-refractivity contribution in [3.8, 4) is 0 Å². The number of hydrogen-bond donors (Lipinski definition) is 2. The average Bonchev–Trinajstić information content (AvgIpc) is 3.12. The summed E-state index contributed by atoms with van der Waals surface area (Å²) in [5, 5.41) is 5.53. The SMILES string of the molecule is CCCOC(=O)c1ccc(NC(=S)NC(=O)C=Cc2ccco2)cc1. The highest BCUT2D eigenvalue weighted by atomic mass is 32.1. The summed E-state index contributed by atoms with van der Waals surface area (Å²) in [6.07, 6.45) is 5.15. The fraction of sp³-hybridized carbons (Fsp3) is 0.167. The third-order valence-corrected chi connectivity index (χ3v) is 3.20. The fourth-order valence-electron chi connectivity index (χ4n) is 1.83. The average molecular weight is 358 g/mol. The highest BCUT2D eigenvalue weighted by Gasteiger charge is 2.07. The molecule has 7 heteroatoms. The van der Waals surface area contributed by atoms with Crippen LogP contribution in [0, 0.1) is 0 Å². The summed E-state index contributed by atoms with van der Waals surface area (Å²) >= 11 is 5.08. The molecule has 0 aliphatic carbocycles. The molecule has 6 nitrogen and oxygen atoms in total. The molecule has 0 saturated heterocycles. The van der Waals surface area contributed by atoms with Crippen LogP contribution in [0.15, 0.2) is 53.2 Å². The maximum atomic E-state index is 11.8. The van der Waals surface area contributed by atoms with Crippen LogP contribution in [0.4, 0.5) is 5.69 Å². The first-order valence-electron chi connectivity index (χ1n) is 7.69. The summed E-state index contributed by atoms with van der Waals surface area (Å²) in [4.78, 5) is 23.5. The molecule has 0 aliphatic rings. The molecule has 0 spiro atoms. The van der Waals surface area contributed by atoms with Gasteiger partial charge in [-0.05, 0) is 61.1 Å². The minimum Gasteiger partial charge on any atom is -0.465 e. The van der Waals surface area contributed by atoms with Crippen LogP contribution < -0.4 is 10.6 Å². The number of thiocarbonyl (C=S) groups is 1. The number of nitrogens with one attached hydrogen (secondary N) is 2. The van der Waals surface area contributed by atoms with Gasteiger partial charge in [-0.3, -0.25) is 10.1 Å². The van der Waals surface area contributed by atoms with E-state index in [1.165, 1.54) is 18.4 Å². The summed E-state index contributed by atoms with van der Waals surface area (Å²) in [6.45, 7) is 2.32. The lowest BCUT2D eigenvalue weighted by atomic mass is 10.2. The Kier molecular flexibility index (Phi) is 6.91. The Hall–Kier alpha value is -2.93. The topological polar surface area (TPSA) is 80.6 Å². The van der Waals surface area contributed by atoms with E-state index in [4.69, 9.17) is 21.4 Å². The van der Waals surface area contributed by atoms with Gasteiger partial charge in [0.25, 0.3) is 0 Å². The van der Waals surface area contributed by atoms with Crippen LogP contribution in [0.1, 0.15) is 29.5 Å². The molecule has 1 aromatic carbocycles. The van der Waals surface area contributed by atoms with Gasteiger partial charge in [0.1, 0.15) is 5.76 Å². The summed E-state index contributed by atoms with van der Waals surface area (Å²) in [7, 11) is 0. The van der Waals surface area contributed by atoms with E-state index in [1.807, 2.05) is 6.92 Å². The second-order valence-electron chi connectivity index (χ2n) is 5.01. The molecule has 0 bridgehead atoms. The van der Waals surface area contributed by atoms with E-state index < -0.39 is 0 Å². The van der Waals surface area contributed by atoms with E-state index in [0.29, 0.717) is 23.6 Å². The molecule has 2 aromatic rings. The first-order chi connectivity index (χ1) is 12.1. The minimum absolute atomic E-state index is 0.149. The monoisotopic (exact) mass is 358 g/mol. The quantitative estimate of drug-likeness (QED) is 0.468. The Morgan fingerprint density at radius 1 is 1.24 bits per heavy atom. The van der Waals surface area contributed by atoms with Crippen molar-refractivity contribution in [2.45, 2.75) is 13.3 Å². The van der Waals surface area contributed by atoms with E-state index in [9.17, 15) is 9.59 Å². The number of carbonyl (C=O) groups excluding carboxylic acids is 2. The molecule has 1 aromatic heterocycles. The van der Waals surface area contributed by atoms with Crippen LogP contribution in [0.3, 0.4) is 0 Å². The zero-order chi connectivity index (χ0) is 18.1. The van der Waals surface area contributed by atoms with Crippen LogP contribution in [0.5, 0.6) is 0 Å². The van der Waals surface area contributed by atoms with Crippen molar-refractivity contribution in [1.29, 1.82) is 0 Å². The second-order valence-corrected chi connectivity index (χ2v) is 5.41. The standard InChI is InChI=1S/C18H18N2O4S/c1-2-11-24-17(22)13-5-7-14(8-6-13)19-18(25)20-16(21)10-9-15-4-3-12-23-15/h3-10,12H,2,11H2,1H3,(H2,19,20,21,25). The van der Waals surface area contributed by atoms with Gasteiger partial charge in [-0.2, -0.15) is 0 Å². The predicted molar refractivity (Wildman–Crippen MR) is 99.1 cm³/mol. The number of benzene rings is 1. The van der Waals surface area contributed by atoms with Crippen molar-refractivity contribution in [3.63, 3.8) is 0 Å². The van der Waals surface area contributed by atoms with Gasteiger partial charge in [0.15, 0.2) is 5.11 Å². The predicted octanol–water partition coefficient (Wildman–Crippen LogP) is 3.37. The smallest absolute Gasteiger partial charge is 0.338 e. The molecule has 2 N–H and O–H groups in total.